The number of fused-ring (bicyclic) bond motifs is 8. The van der Waals surface area contributed by atoms with Crippen LogP contribution < -0.4 is 9.64 Å². The zero-order chi connectivity index (χ0) is 33.5. The molecule has 10 heteroatoms. The molecule has 0 radical (unpaired) electrons. The van der Waals surface area contributed by atoms with Crippen LogP contribution >= 0.6 is 11.6 Å². The summed E-state index contributed by atoms with van der Waals surface area (Å²) in [5.41, 5.74) is 4.26. The van der Waals surface area contributed by atoms with Crippen LogP contribution in [0.4, 0.5) is 5.82 Å². The highest BCUT2D eigenvalue weighted by Crippen LogP contribution is 2.40. The van der Waals surface area contributed by atoms with E-state index in [9.17, 15) is 9.90 Å². The van der Waals surface area contributed by atoms with Crippen molar-refractivity contribution in [1.82, 2.24) is 14.6 Å². The van der Waals surface area contributed by atoms with Gasteiger partial charge in [0, 0.05) is 47.6 Å². The molecule has 1 fully saturated rings. The van der Waals surface area contributed by atoms with Gasteiger partial charge < -0.3 is 24.2 Å². The summed E-state index contributed by atoms with van der Waals surface area (Å²) in [6, 6.07) is 15.8. The van der Waals surface area contributed by atoms with E-state index in [-0.39, 0.29) is 11.7 Å². The Morgan fingerprint density at radius 3 is 2.57 bits per heavy atom. The number of benzene rings is 2. The van der Waals surface area contributed by atoms with E-state index >= 15 is 0 Å². The summed E-state index contributed by atoms with van der Waals surface area (Å²) in [5.74, 6) is 0.411. The Kier molecular flexibility index (Phi) is 9.26. The number of aromatic nitrogens is 3. The molecule has 0 unspecified atom stereocenters. The second-order valence-corrected chi connectivity index (χ2v) is 14.5. The van der Waals surface area contributed by atoms with E-state index in [0.29, 0.717) is 47.4 Å². The fraction of sp³-hybridized carbons (Fsp3) is 0.486. The Balaban J connectivity index is 1.53. The summed E-state index contributed by atoms with van der Waals surface area (Å²) < 4.78 is 21.0. The standard InChI is InChI=1S/C37H45ClN4O5/c1-23-10-7-8-19-45-37(6)15-17-41(18-16-37)34-32(33(35(43)44)47-36(3,4)5)24(2)39-31-22-29(40-42(31)34)26-12-9-11-25(20-26)28-21-27(38)13-14-30(28)46-23/h9,11-14,20-23,33H,7-8,10,15-19H2,1-6H3,(H,43,44)/t23-,33+/m1/s1. The average molecular weight is 661 g/mol. The summed E-state index contributed by atoms with van der Waals surface area (Å²) in [4.78, 5) is 19.9. The lowest BCUT2D eigenvalue weighted by Gasteiger charge is -2.41. The first-order chi connectivity index (χ1) is 22.3. The molecule has 0 spiro atoms. The van der Waals surface area contributed by atoms with Crippen LogP contribution in [0, 0.1) is 6.92 Å². The molecule has 5 heterocycles. The molecule has 0 aliphatic carbocycles. The number of nitrogens with zero attached hydrogens (tertiary/aromatic N) is 4. The summed E-state index contributed by atoms with van der Waals surface area (Å²) >= 11 is 6.49. The zero-order valence-corrected chi connectivity index (χ0v) is 28.9. The number of rotatable bonds is 3. The van der Waals surface area contributed by atoms with Gasteiger partial charge in [0.1, 0.15) is 11.6 Å². The smallest absolute Gasteiger partial charge is 0.337 e. The number of halogens is 1. The van der Waals surface area contributed by atoms with E-state index in [2.05, 4.69) is 24.8 Å². The highest BCUT2D eigenvalue weighted by atomic mass is 35.5. The van der Waals surface area contributed by atoms with Gasteiger partial charge in [0.05, 0.1) is 28.6 Å². The summed E-state index contributed by atoms with van der Waals surface area (Å²) in [5, 5.41) is 16.2. The zero-order valence-electron chi connectivity index (χ0n) is 28.2. The van der Waals surface area contributed by atoms with Crippen LogP contribution in [0.3, 0.4) is 0 Å². The Labute approximate surface area is 281 Å². The van der Waals surface area contributed by atoms with Gasteiger partial charge in [0.15, 0.2) is 11.8 Å². The number of aliphatic carboxylic acids is 1. The van der Waals surface area contributed by atoms with Crippen LogP contribution in [-0.4, -0.2) is 62.7 Å². The maximum atomic E-state index is 12.8. The highest BCUT2D eigenvalue weighted by molar-refractivity contribution is 6.31. The Morgan fingerprint density at radius 2 is 1.85 bits per heavy atom. The molecule has 47 heavy (non-hydrogen) atoms. The van der Waals surface area contributed by atoms with E-state index in [1.807, 2.05) is 70.2 Å². The second-order valence-electron chi connectivity index (χ2n) is 14.1. The first-order valence-electron chi connectivity index (χ1n) is 16.6. The molecule has 2 aromatic carbocycles. The molecule has 0 saturated carbocycles. The van der Waals surface area contributed by atoms with Crippen LogP contribution in [-0.2, 0) is 14.3 Å². The van der Waals surface area contributed by atoms with Crippen molar-refractivity contribution in [2.45, 2.75) is 97.1 Å². The average Bonchev–Trinajstić information content (AvgIpc) is 3.43. The van der Waals surface area contributed by atoms with E-state index < -0.39 is 17.7 Å². The molecule has 1 saturated heterocycles. The normalized spacial score (nSPS) is 21.3. The third-order valence-electron chi connectivity index (χ3n) is 9.08. The number of anilines is 1. The molecular formula is C37H45ClN4O5. The van der Waals surface area contributed by atoms with E-state index in [1.165, 1.54) is 0 Å². The second kappa shape index (κ2) is 13.1. The quantitative estimate of drug-likeness (QED) is 0.234. The van der Waals surface area contributed by atoms with Crippen LogP contribution in [0.25, 0.3) is 28.0 Å². The number of aryl methyl sites for hydroxylation is 1. The number of piperidine rings is 1. The molecule has 3 aliphatic rings. The number of carboxylic acids is 1. The lowest BCUT2D eigenvalue weighted by molar-refractivity contribution is -0.160. The summed E-state index contributed by atoms with van der Waals surface area (Å²) in [7, 11) is 0. The highest BCUT2D eigenvalue weighted by Gasteiger charge is 2.38. The van der Waals surface area contributed by atoms with Gasteiger partial charge in [0.2, 0.25) is 0 Å². The largest absolute Gasteiger partial charge is 0.490 e. The van der Waals surface area contributed by atoms with Gasteiger partial charge in [-0.1, -0.05) is 29.8 Å². The van der Waals surface area contributed by atoms with Gasteiger partial charge in [-0.15, -0.1) is 0 Å². The fourth-order valence-electron chi connectivity index (χ4n) is 6.59. The van der Waals surface area contributed by atoms with Gasteiger partial charge in [-0.05, 0) is 103 Å². The lowest BCUT2D eigenvalue weighted by atomic mass is 9.92. The molecule has 9 nitrogen and oxygen atoms in total. The van der Waals surface area contributed by atoms with Gasteiger partial charge in [-0.2, -0.15) is 9.61 Å². The SMILES string of the molecule is Cc1nc2cc3nn2c(c1[C@H](OC(C)(C)C)C(=O)O)N1CCC(C)(CC1)OCCCC[C@@H](C)Oc1ccc(Cl)cc1-c1cccc-3c1. The molecule has 2 aromatic heterocycles. The molecule has 1 N–H and O–H groups in total. The van der Waals surface area contributed by atoms with Crippen molar-refractivity contribution >= 4 is 29.0 Å². The van der Waals surface area contributed by atoms with E-state index in [1.54, 1.807) is 4.52 Å². The van der Waals surface area contributed by atoms with Gasteiger partial charge in [0.25, 0.3) is 0 Å². The van der Waals surface area contributed by atoms with Crippen molar-refractivity contribution in [3.05, 3.63) is 64.8 Å². The number of hydrogen-bond acceptors (Lipinski definition) is 7. The molecule has 4 aromatic rings. The van der Waals surface area contributed by atoms with E-state index in [0.717, 1.165) is 60.2 Å². The molecule has 250 valence electrons. The van der Waals surface area contributed by atoms with Crippen molar-refractivity contribution in [2.75, 3.05) is 24.6 Å². The topological polar surface area (TPSA) is 98.4 Å². The third kappa shape index (κ3) is 7.27. The lowest BCUT2D eigenvalue weighted by Crippen LogP contribution is -2.46. The predicted octanol–water partition coefficient (Wildman–Crippen LogP) is 8.29. The van der Waals surface area contributed by atoms with Crippen molar-refractivity contribution in [2.24, 2.45) is 0 Å². The van der Waals surface area contributed by atoms with Crippen molar-refractivity contribution in [3.63, 3.8) is 0 Å². The van der Waals surface area contributed by atoms with Crippen molar-refractivity contribution < 1.29 is 24.1 Å². The maximum Gasteiger partial charge on any atom is 0.337 e. The van der Waals surface area contributed by atoms with Crippen LogP contribution in [0.15, 0.2) is 48.5 Å². The fourth-order valence-corrected chi connectivity index (χ4v) is 6.77. The number of hydrogen-bond donors (Lipinski definition) is 1. The van der Waals surface area contributed by atoms with Crippen LogP contribution in [0.2, 0.25) is 5.02 Å². The summed E-state index contributed by atoms with van der Waals surface area (Å²) in [6.07, 6.45) is 3.23. The Hall–Kier alpha value is -3.66. The first kappa shape index (κ1) is 33.2. The molecule has 6 bridgehead atoms. The van der Waals surface area contributed by atoms with Crippen molar-refractivity contribution in [1.29, 1.82) is 0 Å². The summed E-state index contributed by atoms with van der Waals surface area (Å²) in [6.45, 7) is 13.8. The minimum Gasteiger partial charge on any atom is -0.490 e. The first-order valence-corrected chi connectivity index (χ1v) is 16.9. The van der Waals surface area contributed by atoms with Crippen LogP contribution in [0.5, 0.6) is 5.75 Å². The number of carbonyl (C=O) groups is 1. The maximum absolute atomic E-state index is 12.8. The minimum atomic E-state index is -1.23. The molecule has 7 rings (SSSR count). The molecular weight excluding hydrogens is 616 g/mol. The van der Waals surface area contributed by atoms with E-state index in [4.69, 9.17) is 35.9 Å². The number of carboxylic acid groups (broad SMARTS) is 1. The Morgan fingerprint density at radius 1 is 1.11 bits per heavy atom. The minimum absolute atomic E-state index is 0.0276. The van der Waals surface area contributed by atoms with Gasteiger partial charge >= 0.3 is 5.97 Å². The molecule has 2 atom stereocenters. The predicted molar refractivity (Wildman–Crippen MR) is 185 cm³/mol. The van der Waals surface area contributed by atoms with Crippen LogP contribution in [0.1, 0.15) is 84.1 Å². The number of ether oxygens (including phenoxy) is 3. The monoisotopic (exact) mass is 660 g/mol. The Bertz CT molecular complexity index is 1770. The molecule has 0 amide bonds. The van der Waals surface area contributed by atoms with Gasteiger partial charge in [-0.25, -0.2) is 9.78 Å². The van der Waals surface area contributed by atoms with Gasteiger partial charge in [-0.3, -0.25) is 0 Å². The molecule has 3 aliphatic heterocycles. The van der Waals surface area contributed by atoms with Crippen molar-refractivity contribution in [3.8, 4) is 28.1 Å². The third-order valence-corrected chi connectivity index (χ3v) is 9.31.